The first-order valence-corrected chi connectivity index (χ1v) is 15.3. The summed E-state index contributed by atoms with van der Waals surface area (Å²) in [6.07, 6.45) is 3.19. The molecule has 0 fully saturated rings. The molecule has 1 aliphatic heterocycles. The van der Waals surface area contributed by atoms with Crippen LogP contribution in [-0.2, 0) is 0 Å². The smallest absolute Gasteiger partial charge is 0.0622 e. The van der Waals surface area contributed by atoms with Crippen LogP contribution in [0.25, 0.3) is 65.4 Å². The highest BCUT2D eigenvalue weighted by Gasteiger charge is 2.24. The molecule has 0 spiro atoms. The number of nitrogens with zero attached hydrogens (tertiary/aromatic N) is 2. The summed E-state index contributed by atoms with van der Waals surface area (Å²) < 4.78 is 2.57. The molecule has 208 valence electrons. The molecular formula is C42H30N2. The largest absolute Gasteiger partial charge is 0.341 e. The van der Waals surface area contributed by atoms with Gasteiger partial charge in [0.25, 0.3) is 0 Å². The minimum atomic E-state index is 0.845. The van der Waals surface area contributed by atoms with Crippen molar-refractivity contribution in [2.75, 3.05) is 11.4 Å². The highest BCUT2D eigenvalue weighted by atomic mass is 15.1. The van der Waals surface area contributed by atoms with Crippen LogP contribution in [0.15, 0.2) is 152 Å². The molecular weight excluding hydrogens is 532 g/mol. The van der Waals surface area contributed by atoms with Crippen LogP contribution >= 0.6 is 0 Å². The summed E-state index contributed by atoms with van der Waals surface area (Å²) in [5.41, 5.74) is 8.36. The van der Waals surface area contributed by atoms with Crippen LogP contribution in [0.1, 0.15) is 12.0 Å². The van der Waals surface area contributed by atoms with Crippen LogP contribution in [0.5, 0.6) is 0 Å². The molecule has 0 saturated carbocycles. The van der Waals surface area contributed by atoms with Crippen LogP contribution in [0.4, 0.5) is 11.4 Å². The third-order valence-corrected chi connectivity index (χ3v) is 9.35. The predicted octanol–water partition coefficient (Wildman–Crippen LogP) is 11.4. The van der Waals surface area contributed by atoms with Crippen LogP contribution in [0.3, 0.4) is 0 Å². The fourth-order valence-electron chi connectivity index (χ4n) is 7.46. The van der Waals surface area contributed by atoms with Gasteiger partial charge in [0.05, 0.1) is 11.0 Å². The molecule has 1 aliphatic rings. The van der Waals surface area contributed by atoms with Crippen molar-refractivity contribution in [1.82, 2.24) is 4.57 Å². The number of para-hydroxylation sites is 2. The maximum absolute atomic E-state index is 4.66. The van der Waals surface area contributed by atoms with E-state index in [1.807, 2.05) is 0 Å². The Kier molecular flexibility index (Phi) is 5.51. The van der Waals surface area contributed by atoms with Gasteiger partial charge in [0, 0.05) is 57.1 Å². The first-order valence-electron chi connectivity index (χ1n) is 15.3. The highest BCUT2D eigenvalue weighted by Crippen LogP contribution is 2.46. The van der Waals surface area contributed by atoms with Gasteiger partial charge in [0.2, 0.25) is 0 Å². The number of hydrogen-bond acceptors (Lipinski definition) is 1. The maximum Gasteiger partial charge on any atom is 0.0622 e. The quantitative estimate of drug-likeness (QED) is 0.190. The number of hydrogen-bond donors (Lipinski definition) is 0. The monoisotopic (exact) mass is 562 g/mol. The van der Waals surface area contributed by atoms with Crippen molar-refractivity contribution in [3.8, 4) is 0 Å². The van der Waals surface area contributed by atoms with Crippen molar-refractivity contribution in [3.63, 3.8) is 0 Å². The van der Waals surface area contributed by atoms with Gasteiger partial charge in [-0.15, -0.1) is 0 Å². The average Bonchev–Trinajstić information content (AvgIpc) is 3.44. The van der Waals surface area contributed by atoms with E-state index >= 15 is 0 Å². The molecule has 0 amide bonds. The topological polar surface area (TPSA) is 8.17 Å². The molecule has 2 heteroatoms. The third kappa shape index (κ3) is 3.61. The van der Waals surface area contributed by atoms with E-state index in [1.165, 1.54) is 71.2 Å². The normalized spacial score (nSPS) is 15.0. The summed E-state index contributed by atoms with van der Waals surface area (Å²) in [5.74, 6) is 0. The Morgan fingerprint density at radius 2 is 1.14 bits per heavy atom. The highest BCUT2D eigenvalue weighted by molar-refractivity contribution is 6.34. The van der Waals surface area contributed by atoms with E-state index in [4.69, 9.17) is 0 Å². The Morgan fingerprint density at radius 1 is 0.500 bits per heavy atom. The van der Waals surface area contributed by atoms with E-state index in [0.29, 0.717) is 0 Å². The summed E-state index contributed by atoms with van der Waals surface area (Å²) in [7, 11) is 0. The van der Waals surface area contributed by atoms with Crippen molar-refractivity contribution in [1.29, 1.82) is 0 Å². The van der Waals surface area contributed by atoms with Crippen LogP contribution in [0.2, 0.25) is 0 Å². The van der Waals surface area contributed by atoms with E-state index < -0.39 is 0 Å². The molecule has 9 rings (SSSR count). The molecule has 0 aliphatic carbocycles. The first kappa shape index (κ1) is 24.9. The lowest BCUT2D eigenvalue weighted by Gasteiger charge is -2.30. The minimum absolute atomic E-state index is 0.845. The number of allylic oxidation sites excluding steroid dienone is 2. The Balaban J connectivity index is 1.43. The van der Waals surface area contributed by atoms with Crippen molar-refractivity contribution in [2.45, 2.75) is 6.42 Å². The van der Waals surface area contributed by atoms with Crippen molar-refractivity contribution in [3.05, 3.63) is 158 Å². The van der Waals surface area contributed by atoms with Gasteiger partial charge in [0.15, 0.2) is 0 Å². The fourth-order valence-corrected chi connectivity index (χ4v) is 7.46. The summed E-state index contributed by atoms with van der Waals surface area (Å²) >= 11 is 0. The van der Waals surface area contributed by atoms with Gasteiger partial charge in [-0.2, -0.15) is 0 Å². The van der Waals surface area contributed by atoms with Crippen LogP contribution < -0.4 is 4.90 Å². The van der Waals surface area contributed by atoms with Crippen molar-refractivity contribution >= 4 is 76.8 Å². The molecule has 0 radical (unpaired) electrons. The van der Waals surface area contributed by atoms with E-state index in [2.05, 4.69) is 162 Å². The minimum Gasteiger partial charge on any atom is -0.341 e. The summed E-state index contributed by atoms with van der Waals surface area (Å²) in [5, 5.41) is 10.3. The SMILES string of the molecule is C=C1/C=C(/n2c3c4ccccc4ccc3c3c4ccccc4c4ccccc4c32)CCN(c2ccccc2)c2ccccc21. The number of benzene rings is 7. The van der Waals surface area contributed by atoms with Crippen molar-refractivity contribution in [2.24, 2.45) is 0 Å². The van der Waals surface area contributed by atoms with Crippen LogP contribution in [0, 0.1) is 0 Å². The van der Waals surface area contributed by atoms with E-state index in [1.54, 1.807) is 0 Å². The zero-order valence-corrected chi connectivity index (χ0v) is 24.4. The Bertz CT molecular complexity index is 2460. The molecule has 1 aromatic heterocycles. The van der Waals surface area contributed by atoms with E-state index in [0.717, 1.165) is 24.1 Å². The van der Waals surface area contributed by atoms with Gasteiger partial charge in [-0.25, -0.2) is 0 Å². The lowest BCUT2D eigenvalue weighted by Crippen LogP contribution is -2.22. The molecule has 0 bridgehead atoms. The summed E-state index contributed by atoms with van der Waals surface area (Å²) in [6, 6.07) is 50.7. The molecule has 2 nitrogen and oxygen atoms in total. The molecule has 8 aromatic rings. The Morgan fingerprint density at radius 3 is 1.95 bits per heavy atom. The maximum atomic E-state index is 4.66. The zero-order chi connectivity index (χ0) is 29.2. The molecule has 0 unspecified atom stereocenters. The van der Waals surface area contributed by atoms with E-state index in [-0.39, 0.29) is 0 Å². The van der Waals surface area contributed by atoms with E-state index in [9.17, 15) is 0 Å². The number of rotatable bonds is 2. The van der Waals surface area contributed by atoms with Gasteiger partial charge in [-0.3, -0.25) is 0 Å². The van der Waals surface area contributed by atoms with Crippen LogP contribution in [-0.4, -0.2) is 11.1 Å². The lowest BCUT2D eigenvalue weighted by molar-refractivity contribution is 0.915. The molecule has 0 N–H and O–H groups in total. The average molecular weight is 563 g/mol. The molecule has 44 heavy (non-hydrogen) atoms. The standard InChI is InChI=1S/C42H30N2/c1-28-27-31(25-26-43(30-14-3-2-4-15-30)39-22-12-11-16-32(28)39)44-41-33-17-6-5-13-29(33)23-24-38(41)40-36-20-9-7-18-34(36)35-19-8-10-21-37(35)42(40)44/h2-24,27H,1,25-26H2/b31-27+. The van der Waals surface area contributed by atoms with Crippen molar-refractivity contribution < 1.29 is 0 Å². The number of fused-ring (bicyclic) bond motifs is 11. The molecule has 0 saturated heterocycles. The predicted molar refractivity (Wildman–Crippen MR) is 190 cm³/mol. The Labute approximate surface area is 256 Å². The molecule has 0 atom stereocenters. The molecule has 7 aromatic carbocycles. The van der Waals surface area contributed by atoms with Gasteiger partial charge >= 0.3 is 0 Å². The zero-order valence-electron chi connectivity index (χ0n) is 24.4. The number of anilines is 2. The fraction of sp³-hybridized carbons (Fsp3) is 0.0476. The Hall–Kier alpha value is -5.60. The van der Waals surface area contributed by atoms with Gasteiger partial charge in [-0.1, -0.05) is 128 Å². The summed E-state index contributed by atoms with van der Waals surface area (Å²) in [6.45, 7) is 5.51. The third-order valence-electron chi connectivity index (χ3n) is 9.35. The second-order valence-electron chi connectivity index (χ2n) is 11.7. The van der Waals surface area contributed by atoms with Gasteiger partial charge < -0.3 is 9.47 Å². The van der Waals surface area contributed by atoms with Gasteiger partial charge in [0.1, 0.15) is 0 Å². The van der Waals surface area contributed by atoms with Gasteiger partial charge in [-0.05, 0) is 51.4 Å². The molecule has 2 heterocycles. The first-order chi connectivity index (χ1) is 21.8. The second kappa shape index (κ2) is 9.72. The lowest BCUT2D eigenvalue weighted by atomic mass is 9.96. The number of aromatic nitrogens is 1. The second-order valence-corrected chi connectivity index (χ2v) is 11.7. The summed E-state index contributed by atoms with van der Waals surface area (Å²) in [4.78, 5) is 2.45.